The summed E-state index contributed by atoms with van der Waals surface area (Å²) in [5.41, 5.74) is -1.24. The molecule has 0 aromatic heterocycles. The summed E-state index contributed by atoms with van der Waals surface area (Å²) in [6, 6.07) is -0.767. The van der Waals surface area contributed by atoms with Crippen molar-refractivity contribution in [3.05, 3.63) is 12.7 Å². The molecule has 1 rings (SSSR count). The quantitative estimate of drug-likeness (QED) is 0.462. The zero-order valence-electron chi connectivity index (χ0n) is 8.88. The molecule has 5 nitrogen and oxygen atoms in total. The van der Waals surface area contributed by atoms with Gasteiger partial charge in [-0.25, -0.2) is 4.79 Å². The van der Waals surface area contributed by atoms with Crippen LogP contribution in [0.15, 0.2) is 12.7 Å². The molecule has 1 unspecified atom stereocenters. The second kappa shape index (κ2) is 4.78. The number of hydrogen-bond donors (Lipinski definition) is 2. The van der Waals surface area contributed by atoms with Crippen LogP contribution < -0.4 is 10.6 Å². The minimum atomic E-state index is -1.24. The van der Waals surface area contributed by atoms with Crippen LogP contribution in [0, 0.1) is 5.41 Å². The summed E-state index contributed by atoms with van der Waals surface area (Å²) in [5, 5.41) is 4.22. The van der Waals surface area contributed by atoms with Gasteiger partial charge in [-0.05, 0) is 12.8 Å². The van der Waals surface area contributed by atoms with Crippen LogP contribution in [0.2, 0.25) is 0 Å². The number of amides is 4. The van der Waals surface area contributed by atoms with Crippen LogP contribution in [0.3, 0.4) is 0 Å². The van der Waals surface area contributed by atoms with E-state index in [1.807, 2.05) is 6.92 Å². The maximum atomic E-state index is 11.8. The monoisotopic (exact) mass is 288 g/mol. The van der Waals surface area contributed by atoms with Crippen LogP contribution in [-0.2, 0) is 9.59 Å². The fourth-order valence-electron chi connectivity index (χ4n) is 1.76. The summed E-state index contributed by atoms with van der Waals surface area (Å²) >= 11 is 3.31. The predicted octanol–water partition coefficient (Wildman–Crippen LogP) is 1.09. The lowest BCUT2D eigenvalue weighted by atomic mass is 9.77. The summed E-state index contributed by atoms with van der Waals surface area (Å²) in [7, 11) is 0. The Hall–Kier alpha value is -1.17. The van der Waals surface area contributed by atoms with E-state index < -0.39 is 23.3 Å². The van der Waals surface area contributed by atoms with Crippen molar-refractivity contribution in [2.24, 2.45) is 5.41 Å². The lowest BCUT2D eigenvalue weighted by molar-refractivity contribution is -0.144. The Labute approximate surface area is 102 Å². The average Bonchev–Trinajstić information content (AvgIpc) is 2.13. The second-order valence-electron chi connectivity index (χ2n) is 3.80. The van der Waals surface area contributed by atoms with Crippen molar-refractivity contribution in [2.75, 3.05) is 0 Å². The molecule has 1 atom stereocenters. The zero-order chi connectivity index (χ0) is 12.3. The minimum absolute atomic E-state index is 0.0165. The van der Waals surface area contributed by atoms with E-state index in [2.05, 4.69) is 33.1 Å². The molecular weight excluding hydrogens is 276 g/mol. The number of barbiturate groups is 1. The van der Waals surface area contributed by atoms with Crippen molar-refractivity contribution in [1.29, 1.82) is 0 Å². The molecule has 0 saturated carbocycles. The van der Waals surface area contributed by atoms with Crippen molar-refractivity contribution in [3.8, 4) is 0 Å². The number of hydrogen-bond acceptors (Lipinski definition) is 3. The predicted molar refractivity (Wildman–Crippen MR) is 61.9 cm³/mol. The lowest BCUT2D eigenvalue weighted by Gasteiger charge is -2.33. The van der Waals surface area contributed by atoms with Crippen molar-refractivity contribution in [3.63, 3.8) is 0 Å². The first-order valence-electron chi connectivity index (χ1n) is 4.84. The van der Waals surface area contributed by atoms with E-state index in [4.69, 9.17) is 0 Å². The van der Waals surface area contributed by atoms with E-state index in [9.17, 15) is 14.4 Å². The summed E-state index contributed by atoms with van der Waals surface area (Å²) in [6.45, 7) is 5.37. The second-order valence-corrected chi connectivity index (χ2v) is 5.36. The number of carbonyl (C=O) groups is 3. The molecule has 0 radical (unpaired) electrons. The Kier molecular flexibility index (Phi) is 3.85. The van der Waals surface area contributed by atoms with Crippen LogP contribution in [0.5, 0.6) is 0 Å². The Morgan fingerprint density at radius 3 is 2.25 bits per heavy atom. The SMILES string of the molecule is C=CCC1(CC(C)Br)C(=O)NC(=O)NC1=O. The molecule has 0 aliphatic carbocycles. The third kappa shape index (κ3) is 2.32. The van der Waals surface area contributed by atoms with E-state index >= 15 is 0 Å². The normalized spacial score (nSPS) is 21.0. The molecule has 4 amide bonds. The molecule has 0 spiro atoms. The van der Waals surface area contributed by atoms with Gasteiger partial charge in [-0.3, -0.25) is 20.2 Å². The van der Waals surface area contributed by atoms with Crippen molar-refractivity contribution < 1.29 is 14.4 Å². The summed E-state index contributed by atoms with van der Waals surface area (Å²) in [4.78, 5) is 34.5. The molecule has 0 aromatic rings. The van der Waals surface area contributed by atoms with Crippen LogP contribution in [-0.4, -0.2) is 22.7 Å². The third-order valence-corrected chi connectivity index (χ3v) is 2.77. The number of alkyl halides is 1. The van der Waals surface area contributed by atoms with Crippen molar-refractivity contribution in [2.45, 2.75) is 24.6 Å². The molecule has 1 saturated heterocycles. The van der Waals surface area contributed by atoms with Gasteiger partial charge in [-0.1, -0.05) is 28.9 Å². The highest BCUT2D eigenvalue weighted by Gasteiger charge is 2.49. The fraction of sp³-hybridized carbons (Fsp3) is 0.500. The van der Waals surface area contributed by atoms with Gasteiger partial charge in [0, 0.05) is 4.83 Å². The number of rotatable bonds is 4. The van der Waals surface area contributed by atoms with Gasteiger partial charge in [0.2, 0.25) is 11.8 Å². The van der Waals surface area contributed by atoms with E-state index in [0.29, 0.717) is 6.42 Å². The molecule has 0 bridgehead atoms. The van der Waals surface area contributed by atoms with E-state index in [1.165, 1.54) is 6.08 Å². The zero-order valence-corrected chi connectivity index (χ0v) is 10.5. The molecule has 16 heavy (non-hydrogen) atoms. The highest BCUT2D eigenvalue weighted by Crippen LogP contribution is 2.33. The van der Waals surface area contributed by atoms with Gasteiger partial charge in [0.15, 0.2) is 0 Å². The Morgan fingerprint density at radius 1 is 1.38 bits per heavy atom. The third-order valence-electron chi connectivity index (χ3n) is 2.45. The number of halogens is 1. The standard InChI is InChI=1S/C10H13BrN2O3/c1-3-4-10(5-6(2)11)7(14)12-9(16)13-8(10)15/h3,6H,1,4-5H2,2H3,(H2,12,13,14,15,16). The van der Waals surface area contributed by atoms with E-state index in [1.54, 1.807) is 0 Å². The van der Waals surface area contributed by atoms with Crippen LogP contribution in [0.1, 0.15) is 19.8 Å². The van der Waals surface area contributed by atoms with Crippen molar-refractivity contribution >= 4 is 33.8 Å². The van der Waals surface area contributed by atoms with Crippen LogP contribution in [0.4, 0.5) is 4.79 Å². The highest BCUT2D eigenvalue weighted by atomic mass is 79.9. The van der Waals surface area contributed by atoms with Crippen LogP contribution >= 0.6 is 15.9 Å². The van der Waals surface area contributed by atoms with E-state index in [0.717, 1.165) is 0 Å². The first-order valence-corrected chi connectivity index (χ1v) is 5.76. The van der Waals surface area contributed by atoms with Gasteiger partial charge >= 0.3 is 6.03 Å². The largest absolute Gasteiger partial charge is 0.328 e. The molecule has 0 aromatic carbocycles. The topological polar surface area (TPSA) is 75.3 Å². The fourth-order valence-corrected chi connectivity index (χ4v) is 2.31. The van der Waals surface area contributed by atoms with Gasteiger partial charge in [-0.2, -0.15) is 0 Å². The molecule has 1 aliphatic rings. The van der Waals surface area contributed by atoms with Gasteiger partial charge in [0.25, 0.3) is 0 Å². The number of carbonyl (C=O) groups excluding carboxylic acids is 3. The minimum Gasteiger partial charge on any atom is -0.277 e. The van der Waals surface area contributed by atoms with Gasteiger partial charge in [0.05, 0.1) is 0 Å². The number of imide groups is 2. The Morgan fingerprint density at radius 2 is 1.88 bits per heavy atom. The average molecular weight is 289 g/mol. The number of urea groups is 1. The smallest absolute Gasteiger partial charge is 0.277 e. The summed E-state index contributed by atoms with van der Waals surface area (Å²) in [5.74, 6) is -1.13. The number of nitrogens with one attached hydrogen (secondary N) is 2. The molecule has 1 heterocycles. The first kappa shape index (κ1) is 12.9. The molecule has 6 heteroatoms. The maximum Gasteiger partial charge on any atom is 0.328 e. The first-order chi connectivity index (χ1) is 7.42. The van der Waals surface area contributed by atoms with Gasteiger partial charge in [0.1, 0.15) is 5.41 Å². The van der Waals surface area contributed by atoms with Crippen LogP contribution in [0.25, 0.3) is 0 Å². The summed E-state index contributed by atoms with van der Waals surface area (Å²) in [6.07, 6.45) is 2.02. The molecule has 2 N–H and O–H groups in total. The van der Waals surface area contributed by atoms with Crippen molar-refractivity contribution in [1.82, 2.24) is 10.6 Å². The highest BCUT2D eigenvalue weighted by molar-refractivity contribution is 9.09. The Balaban J connectivity index is 3.05. The summed E-state index contributed by atoms with van der Waals surface area (Å²) < 4.78 is 0. The molecular formula is C10H13BrN2O3. The van der Waals surface area contributed by atoms with Gasteiger partial charge < -0.3 is 0 Å². The molecule has 1 aliphatic heterocycles. The van der Waals surface area contributed by atoms with Gasteiger partial charge in [-0.15, -0.1) is 6.58 Å². The molecule has 1 fully saturated rings. The maximum absolute atomic E-state index is 11.8. The van der Waals surface area contributed by atoms with E-state index in [-0.39, 0.29) is 11.2 Å². The molecule has 88 valence electrons. The number of allylic oxidation sites excluding steroid dienone is 1. The lowest BCUT2D eigenvalue weighted by Crippen LogP contribution is -2.62. The Bertz CT molecular complexity index is 332.